The van der Waals surface area contributed by atoms with Gasteiger partial charge in [0.25, 0.3) is 5.95 Å². The molecule has 4 rings (SSSR count). The first-order valence-electron chi connectivity index (χ1n) is 12.8. The van der Waals surface area contributed by atoms with Crippen LogP contribution in [0, 0.1) is 0 Å². The number of aromatic amines is 1. The monoisotopic (exact) mass is 625 g/mol. The van der Waals surface area contributed by atoms with Crippen molar-refractivity contribution in [2.75, 3.05) is 9.80 Å². The lowest BCUT2D eigenvalue weighted by atomic mass is 9.91. The van der Waals surface area contributed by atoms with E-state index in [1.165, 1.54) is 0 Å². The second-order valence-electron chi connectivity index (χ2n) is 9.97. The molecule has 0 fully saturated rings. The van der Waals surface area contributed by atoms with Crippen molar-refractivity contribution in [2.24, 2.45) is 0 Å². The first-order chi connectivity index (χ1) is 19.9. The van der Waals surface area contributed by atoms with E-state index in [1.54, 1.807) is 20.8 Å². The van der Waals surface area contributed by atoms with Crippen LogP contribution < -0.4 is 9.80 Å². The summed E-state index contributed by atoms with van der Waals surface area (Å²) in [7, 11) is 0. The maximum absolute atomic E-state index is 13.8. The number of nitrogens with zero attached hydrogens (tertiary/aromatic N) is 6. The number of carbonyl (C=O) groups is 1. The molecule has 1 aliphatic heterocycles. The number of hydrogen-bond acceptors (Lipinski definition) is 7. The zero-order valence-corrected chi connectivity index (χ0v) is 22.6. The van der Waals surface area contributed by atoms with Gasteiger partial charge in [0.2, 0.25) is 0 Å². The number of amides is 1. The van der Waals surface area contributed by atoms with Crippen molar-refractivity contribution in [1.29, 1.82) is 0 Å². The number of hydrogen-bond donors (Lipinski definition) is 1. The van der Waals surface area contributed by atoms with Gasteiger partial charge in [-0.2, -0.15) is 44.7 Å². The molecule has 2 aromatic heterocycles. The van der Waals surface area contributed by atoms with Gasteiger partial charge in [-0.15, -0.1) is 5.10 Å². The molecule has 234 valence electrons. The van der Waals surface area contributed by atoms with E-state index in [-0.39, 0.29) is 36.2 Å². The second-order valence-corrected chi connectivity index (χ2v) is 9.97. The van der Waals surface area contributed by atoms with Gasteiger partial charge in [0.1, 0.15) is 5.69 Å². The lowest BCUT2D eigenvalue weighted by Gasteiger charge is -2.43. The molecule has 0 unspecified atom stereocenters. The van der Waals surface area contributed by atoms with Crippen LogP contribution >= 0.6 is 0 Å². The number of ether oxygens (including phenoxy) is 1. The minimum absolute atomic E-state index is 0.0411. The van der Waals surface area contributed by atoms with Crippen LogP contribution in [0.2, 0.25) is 0 Å². The molecule has 0 aliphatic carbocycles. The highest BCUT2D eigenvalue weighted by molar-refractivity contribution is 5.90. The summed E-state index contributed by atoms with van der Waals surface area (Å²) in [4.78, 5) is 19.1. The Morgan fingerprint density at radius 2 is 1.65 bits per heavy atom. The molecule has 0 saturated carbocycles. The second kappa shape index (κ2) is 11.5. The zero-order chi connectivity index (χ0) is 31.9. The van der Waals surface area contributed by atoms with Gasteiger partial charge < -0.3 is 9.64 Å². The van der Waals surface area contributed by atoms with Gasteiger partial charge in [-0.1, -0.05) is 12.0 Å². The van der Waals surface area contributed by atoms with E-state index < -0.39 is 71.7 Å². The minimum Gasteiger partial charge on any atom is -0.446 e. The van der Waals surface area contributed by atoms with E-state index in [0.29, 0.717) is 18.2 Å². The highest BCUT2D eigenvalue weighted by Gasteiger charge is 2.44. The summed E-state index contributed by atoms with van der Waals surface area (Å²) in [6.07, 6.45) is -16.6. The van der Waals surface area contributed by atoms with Crippen LogP contribution in [0.3, 0.4) is 0 Å². The van der Waals surface area contributed by atoms with E-state index in [9.17, 15) is 44.3 Å². The lowest BCUT2D eigenvalue weighted by molar-refractivity contribution is -0.143. The average molecular weight is 625 g/mol. The first kappa shape index (κ1) is 31.8. The van der Waals surface area contributed by atoms with Crippen LogP contribution in [0.5, 0.6) is 0 Å². The van der Waals surface area contributed by atoms with Crippen LogP contribution in [0.4, 0.5) is 55.9 Å². The number of alkyl halides is 9. The van der Waals surface area contributed by atoms with Crippen LogP contribution in [0.25, 0.3) is 0 Å². The molecule has 9 nitrogen and oxygen atoms in total. The maximum atomic E-state index is 13.8. The molecule has 43 heavy (non-hydrogen) atoms. The Morgan fingerprint density at radius 3 is 2.14 bits per heavy atom. The zero-order valence-electron chi connectivity index (χ0n) is 22.6. The molecule has 2 atom stereocenters. The summed E-state index contributed by atoms with van der Waals surface area (Å²) in [5.74, 6) is -0.339. The van der Waals surface area contributed by atoms with Gasteiger partial charge in [-0.05, 0) is 67.8 Å². The predicted molar refractivity (Wildman–Crippen MR) is 132 cm³/mol. The summed E-state index contributed by atoms with van der Waals surface area (Å²) < 4.78 is 128. The van der Waals surface area contributed by atoms with Crippen LogP contribution in [-0.2, 0) is 29.8 Å². The molecular weight excluding hydrogens is 601 g/mol. The van der Waals surface area contributed by atoms with E-state index in [0.717, 1.165) is 15.9 Å². The van der Waals surface area contributed by atoms with Crippen molar-refractivity contribution < 1.29 is 49.0 Å². The van der Waals surface area contributed by atoms with Gasteiger partial charge in [0.05, 0.1) is 34.7 Å². The molecule has 1 aromatic carbocycles. The van der Waals surface area contributed by atoms with E-state index in [2.05, 4.69) is 25.6 Å². The molecule has 1 amide bonds. The standard InChI is InChI=1S/C25H24F9N7O2/c1-4-16-10-18(20-17(41(16)22(42)43-12(2)3)5-6-19(35-20)25(32,33)34)40(21-36-38-39-37-21)11-13-7-14(23(26,27)28)9-15(8-13)24(29,30)31/h5-9,12,16,18H,4,10-11H2,1-3H3,(H,36,37,38,39)/t16-,18+/m0/s1. The molecule has 18 heteroatoms. The Hall–Kier alpha value is -4.12. The Bertz CT molecular complexity index is 1410. The number of anilines is 2. The van der Waals surface area contributed by atoms with Crippen LogP contribution in [0.15, 0.2) is 30.3 Å². The molecule has 1 aliphatic rings. The van der Waals surface area contributed by atoms with E-state index in [4.69, 9.17) is 4.74 Å². The number of benzene rings is 1. The van der Waals surface area contributed by atoms with Crippen molar-refractivity contribution in [2.45, 2.75) is 76.9 Å². The highest BCUT2D eigenvalue weighted by Crippen LogP contribution is 2.44. The molecule has 1 N–H and O–H groups in total. The Labute approximate surface area is 238 Å². The number of pyridine rings is 1. The fourth-order valence-corrected chi connectivity index (χ4v) is 4.78. The maximum Gasteiger partial charge on any atom is 0.433 e. The van der Waals surface area contributed by atoms with Crippen molar-refractivity contribution in [3.05, 3.63) is 58.4 Å². The smallest absolute Gasteiger partial charge is 0.433 e. The van der Waals surface area contributed by atoms with E-state index in [1.807, 2.05) is 0 Å². The van der Waals surface area contributed by atoms with Gasteiger partial charge in [-0.25, -0.2) is 9.78 Å². The number of carbonyl (C=O) groups excluding carboxylic acids is 1. The topological polar surface area (TPSA) is 100 Å². The lowest BCUT2D eigenvalue weighted by Crippen LogP contribution is -2.49. The first-order valence-corrected chi connectivity index (χ1v) is 12.8. The highest BCUT2D eigenvalue weighted by atomic mass is 19.4. The number of nitrogens with one attached hydrogen (secondary N) is 1. The number of halogens is 9. The number of fused-ring (bicyclic) bond motifs is 1. The van der Waals surface area contributed by atoms with Crippen molar-refractivity contribution in [1.82, 2.24) is 25.6 Å². The molecular formula is C25H24F9N7O2. The van der Waals surface area contributed by atoms with E-state index >= 15 is 0 Å². The Balaban J connectivity index is 1.91. The number of aromatic nitrogens is 5. The Kier molecular flexibility index (Phi) is 8.52. The number of rotatable bonds is 6. The fraction of sp³-hybridized carbons (Fsp3) is 0.480. The number of H-pyrrole nitrogens is 1. The summed E-state index contributed by atoms with van der Waals surface area (Å²) in [6.45, 7) is 4.10. The SMILES string of the molecule is CC[C@H]1C[C@@H](N(Cc2cc(C(F)(F)F)cc(C(F)(F)F)c2)c2nn[nH]n2)c2nc(C(F)(F)F)ccc2N1C(=O)OC(C)C. The summed E-state index contributed by atoms with van der Waals surface area (Å²) in [6, 6.07) is 0.633. The van der Waals surface area contributed by atoms with Gasteiger partial charge >= 0.3 is 24.6 Å². The van der Waals surface area contributed by atoms with Crippen molar-refractivity contribution >= 4 is 17.7 Å². The minimum atomic E-state index is -5.14. The predicted octanol–water partition coefficient (Wildman–Crippen LogP) is 6.93. The molecule has 3 heterocycles. The van der Waals surface area contributed by atoms with Crippen molar-refractivity contribution in [3.63, 3.8) is 0 Å². The van der Waals surface area contributed by atoms with Crippen LogP contribution in [-0.4, -0.2) is 43.8 Å². The molecule has 0 radical (unpaired) electrons. The third kappa shape index (κ3) is 6.93. The van der Waals surface area contributed by atoms with Gasteiger partial charge in [0.15, 0.2) is 0 Å². The van der Waals surface area contributed by atoms with Crippen molar-refractivity contribution in [3.8, 4) is 0 Å². The molecule has 0 bridgehead atoms. The number of tetrazole rings is 1. The van der Waals surface area contributed by atoms with Crippen LogP contribution in [0.1, 0.15) is 67.7 Å². The average Bonchev–Trinajstić information content (AvgIpc) is 3.43. The quantitative estimate of drug-likeness (QED) is 0.297. The largest absolute Gasteiger partial charge is 0.446 e. The normalized spacial score (nSPS) is 17.7. The summed E-state index contributed by atoms with van der Waals surface area (Å²) >= 11 is 0. The van der Waals surface area contributed by atoms with Gasteiger partial charge in [0, 0.05) is 12.6 Å². The molecule has 0 saturated heterocycles. The summed E-state index contributed by atoms with van der Waals surface area (Å²) in [5, 5.41) is 13.1. The molecule has 0 spiro atoms. The molecule has 3 aromatic rings. The third-order valence-electron chi connectivity index (χ3n) is 6.60. The van der Waals surface area contributed by atoms with Gasteiger partial charge in [-0.3, -0.25) is 4.90 Å². The summed E-state index contributed by atoms with van der Waals surface area (Å²) in [5.41, 5.74) is -5.42. The fourth-order valence-electron chi connectivity index (χ4n) is 4.78. The third-order valence-corrected chi connectivity index (χ3v) is 6.60. The Morgan fingerprint density at radius 1 is 1.02 bits per heavy atom.